The Kier molecular flexibility index (Phi) is 4.01. The van der Waals surface area contributed by atoms with Crippen LogP contribution >= 0.6 is 0 Å². The lowest BCUT2D eigenvalue weighted by Crippen LogP contribution is -2.27. The fourth-order valence-electron chi connectivity index (χ4n) is 3.45. The highest BCUT2D eigenvalue weighted by molar-refractivity contribution is 7.89. The minimum atomic E-state index is -3.84. The molecule has 1 fully saturated rings. The molecule has 0 spiro atoms. The summed E-state index contributed by atoms with van der Waals surface area (Å²) >= 11 is 0. The van der Waals surface area contributed by atoms with Gasteiger partial charge < -0.3 is 14.4 Å². The van der Waals surface area contributed by atoms with E-state index in [1.807, 2.05) is 23.1 Å². The Hall–Kier alpha value is -2.32. The van der Waals surface area contributed by atoms with Crippen LogP contribution in [0.1, 0.15) is 24.4 Å². The molecular formula is C17H19N3O4S. The largest absolute Gasteiger partial charge is 0.486 e. The second kappa shape index (κ2) is 6.20. The lowest BCUT2D eigenvalue weighted by Gasteiger charge is -2.28. The average Bonchev–Trinajstić information content (AvgIpc) is 3.10. The van der Waals surface area contributed by atoms with Crippen LogP contribution in [0.2, 0.25) is 0 Å². The van der Waals surface area contributed by atoms with Crippen molar-refractivity contribution in [2.24, 2.45) is 5.14 Å². The SMILES string of the molecule is NS(=O)(=O)c1cccnc1N1CCC[C@H]1c1ccc2c(c1)OCCO2. The summed E-state index contributed by atoms with van der Waals surface area (Å²) in [5, 5.41) is 5.37. The average molecular weight is 361 g/mol. The van der Waals surface area contributed by atoms with Gasteiger partial charge in [0.05, 0.1) is 6.04 Å². The number of pyridine rings is 1. The number of nitrogens with zero attached hydrogens (tertiary/aromatic N) is 2. The van der Waals surface area contributed by atoms with Gasteiger partial charge in [-0.3, -0.25) is 0 Å². The molecule has 0 amide bonds. The highest BCUT2D eigenvalue weighted by atomic mass is 32.2. The van der Waals surface area contributed by atoms with E-state index in [2.05, 4.69) is 4.98 Å². The summed E-state index contributed by atoms with van der Waals surface area (Å²) in [4.78, 5) is 6.36. The topological polar surface area (TPSA) is 94.8 Å². The first-order valence-corrected chi connectivity index (χ1v) is 9.73. The van der Waals surface area contributed by atoms with Gasteiger partial charge in [0.2, 0.25) is 10.0 Å². The predicted octanol–water partition coefficient (Wildman–Crippen LogP) is 1.84. The van der Waals surface area contributed by atoms with E-state index < -0.39 is 10.0 Å². The molecule has 1 aromatic heterocycles. The lowest BCUT2D eigenvalue weighted by atomic mass is 10.0. The van der Waals surface area contributed by atoms with Crippen LogP contribution in [-0.4, -0.2) is 33.2 Å². The minimum Gasteiger partial charge on any atom is -0.486 e. The number of rotatable bonds is 3. The fourth-order valence-corrected chi connectivity index (χ4v) is 4.15. The monoisotopic (exact) mass is 361 g/mol. The van der Waals surface area contributed by atoms with Crippen molar-refractivity contribution in [1.82, 2.24) is 4.98 Å². The molecule has 0 saturated carbocycles. The van der Waals surface area contributed by atoms with Crippen LogP contribution in [0.3, 0.4) is 0 Å². The first-order valence-electron chi connectivity index (χ1n) is 8.18. The third-order valence-electron chi connectivity index (χ3n) is 4.53. The molecule has 3 heterocycles. The number of fused-ring (bicyclic) bond motifs is 1. The Morgan fingerprint density at radius 1 is 1.16 bits per heavy atom. The zero-order valence-electron chi connectivity index (χ0n) is 13.6. The van der Waals surface area contributed by atoms with E-state index in [0.717, 1.165) is 36.4 Å². The standard InChI is InChI=1S/C17H19N3O4S/c18-25(21,22)16-4-1-7-19-17(16)20-8-2-3-13(20)12-5-6-14-15(11-12)24-10-9-23-14/h1,4-7,11,13H,2-3,8-10H2,(H2,18,21,22)/t13-/m0/s1. The maximum absolute atomic E-state index is 11.9. The van der Waals surface area contributed by atoms with Crippen molar-refractivity contribution in [3.63, 3.8) is 0 Å². The smallest absolute Gasteiger partial charge is 0.241 e. The van der Waals surface area contributed by atoms with E-state index in [4.69, 9.17) is 14.6 Å². The molecule has 2 N–H and O–H groups in total. The van der Waals surface area contributed by atoms with Gasteiger partial charge in [-0.25, -0.2) is 18.5 Å². The summed E-state index contributed by atoms with van der Waals surface area (Å²) in [6.07, 6.45) is 3.43. The fraction of sp³-hybridized carbons (Fsp3) is 0.353. The molecule has 2 aromatic rings. The highest BCUT2D eigenvalue weighted by Gasteiger charge is 2.31. The Morgan fingerprint density at radius 2 is 1.96 bits per heavy atom. The summed E-state index contributed by atoms with van der Waals surface area (Å²) < 4.78 is 35.1. The quantitative estimate of drug-likeness (QED) is 0.896. The second-order valence-electron chi connectivity index (χ2n) is 6.12. The molecule has 0 radical (unpaired) electrons. The molecule has 0 aliphatic carbocycles. The van der Waals surface area contributed by atoms with Gasteiger partial charge in [0.15, 0.2) is 11.5 Å². The van der Waals surface area contributed by atoms with Gasteiger partial charge in [-0.05, 0) is 42.7 Å². The Balaban J connectivity index is 1.73. The molecule has 25 heavy (non-hydrogen) atoms. The second-order valence-corrected chi connectivity index (χ2v) is 7.65. The van der Waals surface area contributed by atoms with Crippen molar-refractivity contribution < 1.29 is 17.9 Å². The maximum atomic E-state index is 11.9. The molecule has 8 heteroatoms. The Bertz CT molecular complexity index is 901. The van der Waals surface area contributed by atoms with Crippen LogP contribution in [0.5, 0.6) is 11.5 Å². The molecule has 2 aliphatic rings. The first kappa shape index (κ1) is 16.2. The van der Waals surface area contributed by atoms with Crippen molar-refractivity contribution in [2.45, 2.75) is 23.8 Å². The minimum absolute atomic E-state index is 0.0197. The van der Waals surface area contributed by atoms with Crippen molar-refractivity contribution in [3.05, 3.63) is 42.1 Å². The number of primary sulfonamides is 1. The van der Waals surface area contributed by atoms with Gasteiger partial charge in [-0.15, -0.1) is 0 Å². The molecule has 0 unspecified atom stereocenters. The highest BCUT2D eigenvalue weighted by Crippen LogP contribution is 2.40. The summed E-state index contributed by atoms with van der Waals surface area (Å²) in [5.41, 5.74) is 1.05. The van der Waals surface area contributed by atoms with Crippen molar-refractivity contribution in [2.75, 3.05) is 24.7 Å². The molecule has 7 nitrogen and oxygen atoms in total. The number of ether oxygens (including phenoxy) is 2. The van der Waals surface area contributed by atoms with E-state index >= 15 is 0 Å². The molecule has 1 saturated heterocycles. The molecule has 1 atom stereocenters. The van der Waals surface area contributed by atoms with Gasteiger partial charge in [0.1, 0.15) is 23.9 Å². The van der Waals surface area contributed by atoms with Gasteiger partial charge >= 0.3 is 0 Å². The third-order valence-corrected chi connectivity index (χ3v) is 5.46. The normalized spacial score (nSPS) is 19.9. The van der Waals surface area contributed by atoms with Crippen molar-refractivity contribution in [1.29, 1.82) is 0 Å². The van der Waals surface area contributed by atoms with Gasteiger partial charge in [-0.1, -0.05) is 6.07 Å². The number of aromatic nitrogens is 1. The molecule has 1 aromatic carbocycles. The van der Waals surface area contributed by atoms with E-state index in [-0.39, 0.29) is 10.9 Å². The molecule has 132 valence electrons. The number of sulfonamides is 1. The van der Waals surface area contributed by atoms with E-state index in [0.29, 0.717) is 19.0 Å². The molecular weight excluding hydrogens is 342 g/mol. The van der Waals surface area contributed by atoms with E-state index in [1.54, 1.807) is 12.3 Å². The van der Waals surface area contributed by atoms with Gasteiger partial charge in [0, 0.05) is 12.7 Å². The van der Waals surface area contributed by atoms with Crippen LogP contribution in [-0.2, 0) is 10.0 Å². The van der Waals surface area contributed by atoms with Crippen molar-refractivity contribution in [3.8, 4) is 11.5 Å². The van der Waals surface area contributed by atoms with Crippen LogP contribution < -0.4 is 19.5 Å². The number of hydrogen-bond acceptors (Lipinski definition) is 6. The number of nitrogens with two attached hydrogens (primary N) is 1. The van der Waals surface area contributed by atoms with Gasteiger partial charge in [-0.2, -0.15) is 0 Å². The first-order chi connectivity index (χ1) is 12.0. The van der Waals surface area contributed by atoms with Crippen molar-refractivity contribution >= 4 is 15.8 Å². The third kappa shape index (κ3) is 3.03. The zero-order chi connectivity index (χ0) is 17.4. The summed E-state index contributed by atoms with van der Waals surface area (Å²) in [6.45, 7) is 1.80. The van der Waals surface area contributed by atoms with Gasteiger partial charge in [0.25, 0.3) is 0 Å². The number of anilines is 1. The van der Waals surface area contributed by atoms with Crippen LogP contribution in [0.4, 0.5) is 5.82 Å². The lowest BCUT2D eigenvalue weighted by molar-refractivity contribution is 0.171. The molecule has 4 rings (SSSR count). The Morgan fingerprint density at radius 3 is 2.76 bits per heavy atom. The summed E-state index contributed by atoms with van der Waals surface area (Å²) in [6, 6.07) is 8.97. The number of hydrogen-bond donors (Lipinski definition) is 1. The summed E-state index contributed by atoms with van der Waals surface area (Å²) in [7, 11) is -3.84. The number of benzene rings is 1. The van der Waals surface area contributed by atoms with E-state index in [9.17, 15) is 8.42 Å². The predicted molar refractivity (Wildman–Crippen MR) is 92.4 cm³/mol. The van der Waals surface area contributed by atoms with Crippen LogP contribution in [0.15, 0.2) is 41.4 Å². The zero-order valence-corrected chi connectivity index (χ0v) is 14.4. The Labute approximate surface area is 146 Å². The molecule has 2 aliphatic heterocycles. The summed E-state index contributed by atoms with van der Waals surface area (Å²) in [5.74, 6) is 1.87. The van der Waals surface area contributed by atoms with Crippen LogP contribution in [0, 0.1) is 0 Å². The molecule has 0 bridgehead atoms. The maximum Gasteiger partial charge on any atom is 0.241 e. The van der Waals surface area contributed by atoms with E-state index in [1.165, 1.54) is 6.07 Å². The van der Waals surface area contributed by atoms with Crippen LogP contribution in [0.25, 0.3) is 0 Å².